The lowest BCUT2D eigenvalue weighted by molar-refractivity contribution is 0.0744. The van der Waals surface area contributed by atoms with E-state index in [4.69, 9.17) is 27.5 Å². The number of ether oxygens (including phenoxy) is 3. The highest BCUT2D eigenvalue weighted by Gasteiger charge is 2.39. The molecule has 2 fully saturated rings. The average Bonchev–Trinajstić information content (AvgIpc) is 3.36. The Balaban J connectivity index is 1.72. The van der Waals surface area contributed by atoms with Crippen LogP contribution in [0.25, 0.3) is 0 Å². The molecule has 0 N–H and O–H groups in total. The highest BCUT2D eigenvalue weighted by molar-refractivity contribution is 6.60. The van der Waals surface area contributed by atoms with E-state index in [2.05, 4.69) is 0 Å². The lowest BCUT2D eigenvalue weighted by Gasteiger charge is -2.26. The SMILES string of the molecule is CO[Si](CCC(COCC1CO1)CC1CO1)(OC)OC. The molecule has 2 saturated heterocycles. The predicted octanol–water partition coefficient (Wildman–Crippen LogP) is 1.08. The van der Waals surface area contributed by atoms with Gasteiger partial charge in [-0.2, -0.15) is 0 Å². The van der Waals surface area contributed by atoms with Crippen molar-refractivity contribution in [2.75, 3.05) is 47.8 Å². The highest BCUT2D eigenvalue weighted by atomic mass is 28.4. The van der Waals surface area contributed by atoms with Crippen LogP contribution in [-0.2, 0) is 27.5 Å². The number of epoxide rings is 2. The molecular formula is C13H26O6Si. The van der Waals surface area contributed by atoms with Crippen molar-refractivity contribution in [3.63, 3.8) is 0 Å². The largest absolute Gasteiger partial charge is 0.500 e. The maximum atomic E-state index is 5.73. The van der Waals surface area contributed by atoms with Gasteiger partial charge in [-0.15, -0.1) is 0 Å². The lowest BCUT2D eigenvalue weighted by Crippen LogP contribution is -2.43. The maximum absolute atomic E-state index is 5.73. The minimum Gasteiger partial charge on any atom is -0.378 e. The Morgan fingerprint density at radius 2 is 1.65 bits per heavy atom. The summed E-state index contributed by atoms with van der Waals surface area (Å²) < 4.78 is 32.6. The first-order valence-corrected chi connectivity index (χ1v) is 9.11. The van der Waals surface area contributed by atoms with Crippen LogP contribution in [0, 0.1) is 5.92 Å². The first-order valence-electron chi connectivity index (χ1n) is 7.17. The standard InChI is InChI=1S/C13H26O6Si/c1-14-20(15-2,16-3)5-4-11(6-12-9-18-12)7-17-8-13-10-19-13/h11-13H,4-10H2,1-3H3. The zero-order chi connectivity index (χ0) is 14.4. The number of hydrogen-bond donors (Lipinski definition) is 0. The fraction of sp³-hybridized carbons (Fsp3) is 1.00. The molecule has 0 radical (unpaired) electrons. The quantitative estimate of drug-likeness (QED) is 0.397. The van der Waals surface area contributed by atoms with Gasteiger partial charge in [0.15, 0.2) is 0 Å². The van der Waals surface area contributed by atoms with Gasteiger partial charge in [0.05, 0.1) is 25.9 Å². The third-order valence-electron chi connectivity index (χ3n) is 3.85. The van der Waals surface area contributed by atoms with Crippen molar-refractivity contribution >= 4 is 8.80 Å². The molecule has 3 unspecified atom stereocenters. The van der Waals surface area contributed by atoms with Gasteiger partial charge in [-0.05, 0) is 18.8 Å². The van der Waals surface area contributed by atoms with Gasteiger partial charge in [-0.25, -0.2) is 0 Å². The van der Waals surface area contributed by atoms with Crippen molar-refractivity contribution in [3.8, 4) is 0 Å². The van der Waals surface area contributed by atoms with Gasteiger partial charge in [0, 0.05) is 34.0 Å². The van der Waals surface area contributed by atoms with Gasteiger partial charge in [0.25, 0.3) is 0 Å². The fourth-order valence-corrected chi connectivity index (χ4v) is 4.19. The number of rotatable bonds is 12. The number of hydrogen-bond acceptors (Lipinski definition) is 6. The second-order valence-corrected chi connectivity index (χ2v) is 8.47. The molecule has 0 aliphatic carbocycles. The summed E-state index contributed by atoms with van der Waals surface area (Å²) >= 11 is 0. The molecule has 3 atom stereocenters. The van der Waals surface area contributed by atoms with Crippen molar-refractivity contribution in [3.05, 3.63) is 0 Å². The van der Waals surface area contributed by atoms with Crippen LogP contribution in [0.15, 0.2) is 0 Å². The Bertz CT molecular complexity index is 270. The summed E-state index contributed by atoms with van der Waals surface area (Å²) in [5, 5.41) is 0. The van der Waals surface area contributed by atoms with E-state index in [1.54, 1.807) is 21.3 Å². The van der Waals surface area contributed by atoms with Crippen molar-refractivity contribution in [2.45, 2.75) is 31.1 Å². The van der Waals surface area contributed by atoms with Gasteiger partial charge < -0.3 is 27.5 Å². The summed E-state index contributed by atoms with van der Waals surface area (Å²) in [7, 11) is 2.48. The van der Waals surface area contributed by atoms with Crippen molar-refractivity contribution < 1.29 is 27.5 Å². The molecule has 0 aromatic carbocycles. The van der Waals surface area contributed by atoms with Gasteiger partial charge in [-0.1, -0.05) is 0 Å². The van der Waals surface area contributed by atoms with E-state index in [9.17, 15) is 0 Å². The molecule has 2 rings (SSSR count). The zero-order valence-corrected chi connectivity index (χ0v) is 13.6. The normalized spacial score (nSPS) is 26.6. The molecule has 0 saturated carbocycles. The van der Waals surface area contributed by atoms with Crippen LogP contribution in [-0.4, -0.2) is 68.8 Å². The van der Waals surface area contributed by atoms with Crippen LogP contribution < -0.4 is 0 Å². The monoisotopic (exact) mass is 306 g/mol. The van der Waals surface area contributed by atoms with Crippen LogP contribution in [0.3, 0.4) is 0 Å². The molecule has 7 heteroatoms. The summed E-state index contributed by atoms with van der Waals surface area (Å²) in [5.41, 5.74) is 0. The topological polar surface area (TPSA) is 62.0 Å². The summed E-state index contributed by atoms with van der Waals surface area (Å²) in [6.45, 7) is 3.15. The molecule has 2 aliphatic heterocycles. The summed E-state index contributed by atoms with van der Waals surface area (Å²) in [6.07, 6.45) is 2.72. The summed E-state index contributed by atoms with van der Waals surface area (Å²) in [5.74, 6) is 0.452. The first-order chi connectivity index (χ1) is 9.71. The summed E-state index contributed by atoms with van der Waals surface area (Å²) in [6, 6.07) is 0.803. The molecule has 0 spiro atoms. The van der Waals surface area contributed by atoms with E-state index >= 15 is 0 Å². The van der Waals surface area contributed by atoms with Crippen LogP contribution >= 0.6 is 0 Å². The third kappa shape index (κ3) is 5.40. The third-order valence-corrected chi connectivity index (χ3v) is 6.62. The Hall–Kier alpha value is -0.0231. The van der Waals surface area contributed by atoms with Gasteiger partial charge in [-0.3, -0.25) is 0 Å². The molecule has 0 bridgehead atoms. The molecule has 0 amide bonds. The lowest BCUT2D eigenvalue weighted by atomic mass is 10.0. The van der Waals surface area contributed by atoms with E-state index in [0.29, 0.717) is 24.7 Å². The van der Waals surface area contributed by atoms with E-state index in [1.807, 2.05) is 0 Å². The molecule has 6 nitrogen and oxygen atoms in total. The second kappa shape index (κ2) is 7.84. The second-order valence-electron chi connectivity index (χ2n) is 5.38. The average molecular weight is 306 g/mol. The Morgan fingerprint density at radius 1 is 1.05 bits per heavy atom. The fourth-order valence-electron chi connectivity index (χ4n) is 2.31. The Morgan fingerprint density at radius 3 is 2.15 bits per heavy atom. The van der Waals surface area contributed by atoms with Crippen LogP contribution in [0.1, 0.15) is 12.8 Å². The van der Waals surface area contributed by atoms with Crippen molar-refractivity contribution in [1.29, 1.82) is 0 Å². The molecule has 20 heavy (non-hydrogen) atoms. The Kier molecular flexibility index (Phi) is 6.41. The minimum absolute atomic E-state index is 0.318. The van der Waals surface area contributed by atoms with Crippen LogP contribution in [0.4, 0.5) is 0 Å². The summed E-state index contributed by atoms with van der Waals surface area (Å²) in [4.78, 5) is 0. The highest BCUT2D eigenvalue weighted by Crippen LogP contribution is 2.27. The van der Waals surface area contributed by atoms with Crippen molar-refractivity contribution in [2.24, 2.45) is 5.92 Å². The van der Waals surface area contributed by atoms with Crippen LogP contribution in [0.5, 0.6) is 0 Å². The molecule has 2 aliphatic rings. The van der Waals surface area contributed by atoms with Gasteiger partial charge >= 0.3 is 8.80 Å². The van der Waals surface area contributed by atoms with Crippen molar-refractivity contribution in [1.82, 2.24) is 0 Å². The van der Waals surface area contributed by atoms with Crippen LogP contribution in [0.2, 0.25) is 6.04 Å². The Labute approximate surface area is 122 Å². The maximum Gasteiger partial charge on any atom is 0.500 e. The smallest absolute Gasteiger partial charge is 0.378 e. The van der Waals surface area contributed by atoms with E-state index < -0.39 is 8.80 Å². The van der Waals surface area contributed by atoms with E-state index in [1.165, 1.54) is 0 Å². The first kappa shape index (κ1) is 16.3. The molecule has 0 aromatic heterocycles. The minimum atomic E-state index is -2.48. The van der Waals surface area contributed by atoms with E-state index in [-0.39, 0.29) is 0 Å². The molecule has 2 heterocycles. The molecule has 118 valence electrons. The molecular weight excluding hydrogens is 280 g/mol. The zero-order valence-electron chi connectivity index (χ0n) is 12.6. The molecule has 0 aromatic rings. The van der Waals surface area contributed by atoms with Gasteiger partial charge in [0.1, 0.15) is 6.10 Å². The van der Waals surface area contributed by atoms with Gasteiger partial charge in [0.2, 0.25) is 0 Å². The predicted molar refractivity (Wildman–Crippen MR) is 74.6 cm³/mol. The van der Waals surface area contributed by atoms with E-state index in [0.717, 1.165) is 38.7 Å².